The first kappa shape index (κ1) is 27.5. The summed E-state index contributed by atoms with van der Waals surface area (Å²) < 4.78 is 46.9. The SMILES string of the molecule is COc1cc(N2CCN(CCO)CC2)ccc1Nc1ncc(C(F)(F)F)c(NCc2cccc3c2CC(=O)N3)n1. The second-order valence-corrected chi connectivity index (χ2v) is 9.54. The molecule has 0 bridgehead atoms. The number of rotatable bonds is 9. The fraction of sp³-hybridized carbons (Fsp3) is 0.370. The topological polar surface area (TPSA) is 115 Å². The van der Waals surface area contributed by atoms with Crippen molar-refractivity contribution in [2.24, 2.45) is 0 Å². The third-order valence-corrected chi connectivity index (χ3v) is 7.01. The molecule has 1 aromatic heterocycles. The fourth-order valence-corrected chi connectivity index (χ4v) is 4.92. The van der Waals surface area contributed by atoms with Gasteiger partial charge in [0, 0.05) is 62.9 Å². The van der Waals surface area contributed by atoms with Gasteiger partial charge in [-0.25, -0.2) is 4.98 Å². The van der Waals surface area contributed by atoms with Crippen LogP contribution in [0.4, 0.5) is 42.0 Å². The van der Waals surface area contributed by atoms with Gasteiger partial charge >= 0.3 is 6.18 Å². The number of carbonyl (C=O) groups excluding carboxylic acids is 1. The van der Waals surface area contributed by atoms with E-state index >= 15 is 0 Å². The molecule has 1 amide bonds. The van der Waals surface area contributed by atoms with E-state index in [1.165, 1.54) is 7.11 Å². The summed E-state index contributed by atoms with van der Waals surface area (Å²) in [6, 6.07) is 10.8. The number of aromatic nitrogens is 2. The van der Waals surface area contributed by atoms with Gasteiger partial charge in [-0.3, -0.25) is 9.69 Å². The summed E-state index contributed by atoms with van der Waals surface area (Å²) in [6.07, 6.45) is -3.76. The molecule has 5 rings (SSSR count). The fourth-order valence-electron chi connectivity index (χ4n) is 4.92. The summed E-state index contributed by atoms with van der Waals surface area (Å²) in [5.74, 6) is -0.0771. The minimum Gasteiger partial charge on any atom is -0.494 e. The Labute approximate surface area is 229 Å². The van der Waals surface area contributed by atoms with E-state index in [4.69, 9.17) is 9.84 Å². The lowest BCUT2D eigenvalue weighted by Gasteiger charge is -2.36. The maximum absolute atomic E-state index is 13.8. The van der Waals surface area contributed by atoms with Gasteiger partial charge < -0.3 is 30.7 Å². The molecule has 0 unspecified atom stereocenters. The Morgan fingerprint density at radius 2 is 1.95 bits per heavy atom. The number of β-amino-alcohol motifs (C(OH)–C–C–N with tert-alkyl or cyclic N) is 1. The van der Waals surface area contributed by atoms with Gasteiger partial charge in [-0.1, -0.05) is 12.1 Å². The minimum absolute atomic E-state index is 0.0331. The van der Waals surface area contributed by atoms with Crippen molar-refractivity contribution < 1.29 is 27.8 Å². The number of amides is 1. The highest BCUT2D eigenvalue weighted by Gasteiger charge is 2.35. The highest BCUT2D eigenvalue weighted by atomic mass is 19.4. The molecule has 4 N–H and O–H groups in total. The van der Waals surface area contributed by atoms with Crippen LogP contribution in [0.2, 0.25) is 0 Å². The number of alkyl halides is 3. The number of hydrogen-bond acceptors (Lipinski definition) is 9. The number of nitrogens with zero attached hydrogens (tertiary/aromatic N) is 4. The van der Waals surface area contributed by atoms with Crippen molar-refractivity contribution in [2.45, 2.75) is 19.1 Å². The molecule has 3 aromatic rings. The number of aliphatic hydroxyl groups is 1. The highest BCUT2D eigenvalue weighted by Crippen LogP contribution is 2.36. The Balaban J connectivity index is 1.34. The summed E-state index contributed by atoms with van der Waals surface area (Å²) in [5, 5.41) is 17.7. The molecule has 13 heteroatoms. The number of halogens is 3. The van der Waals surface area contributed by atoms with Crippen molar-refractivity contribution in [1.29, 1.82) is 0 Å². The smallest absolute Gasteiger partial charge is 0.421 e. The monoisotopic (exact) mass is 557 g/mol. The first-order valence-corrected chi connectivity index (χ1v) is 12.9. The summed E-state index contributed by atoms with van der Waals surface area (Å²) >= 11 is 0. The molecule has 3 heterocycles. The van der Waals surface area contributed by atoms with E-state index in [1.54, 1.807) is 24.3 Å². The maximum atomic E-state index is 13.8. The van der Waals surface area contributed by atoms with Gasteiger partial charge in [0.1, 0.15) is 17.1 Å². The molecular formula is C27H30F3N7O3. The Morgan fingerprint density at radius 1 is 1.15 bits per heavy atom. The minimum atomic E-state index is -4.67. The van der Waals surface area contributed by atoms with Crippen LogP contribution in [0.3, 0.4) is 0 Å². The van der Waals surface area contributed by atoms with Crippen LogP contribution in [0.1, 0.15) is 16.7 Å². The van der Waals surface area contributed by atoms with E-state index in [1.807, 2.05) is 12.1 Å². The molecule has 10 nitrogen and oxygen atoms in total. The number of fused-ring (bicyclic) bond motifs is 1. The standard InChI is InChI=1S/C27H30F3N7O3/c1-40-23-13-18(37-9-7-36(8-10-37)11-12-38)5-6-22(23)34-26-32-16-20(27(28,29)30)25(35-26)31-15-17-3-2-4-21-19(17)14-24(39)33-21/h2-6,13,16,38H,7-12,14-15H2,1H3,(H,33,39)(H2,31,32,34,35). The van der Waals surface area contributed by atoms with Crippen molar-refractivity contribution in [2.75, 3.05) is 67.3 Å². The van der Waals surface area contributed by atoms with Crippen LogP contribution in [0, 0.1) is 0 Å². The van der Waals surface area contributed by atoms with Crippen molar-refractivity contribution in [3.05, 3.63) is 59.3 Å². The molecule has 40 heavy (non-hydrogen) atoms. The van der Waals surface area contributed by atoms with Gasteiger partial charge in [0.15, 0.2) is 0 Å². The average Bonchev–Trinajstić information content (AvgIpc) is 3.33. The number of carbonyl (C=O) groups is 1. The number of benzene rings is 2. The van der Waals surface area contributed by atoms with Crippen molar-refractivity contribution in [3.8, 4) is 5.75 Å². The second kappa shape index (κ2) is 11.6. The van der Waals surface area contributed by atoms with Crippen LogP contribution < -0.4 is 25.6 Å². The first-order chi connectivity index (χ1) is 19.2. The number of ether oxygens (including phenoxy) is 1. The van der Waals surface area contributed by atoms with E-state index in [0.717, 1.165) is 43.6 Å². The van der Waals surface area contributed by atoms with Crippen LogP contribution >= 0.6 is 0 Å². The number of hydrogen-bond donors (Lipinski definition) is 4. The number of aliphatic hydroxyl groups excluding tert-OH is 1. The molecule has 0 spiro atoms. The Kier molecular flexibility index (Phi) is 7.94. The van der Waals surface area contributed by atoms with E-state index < -0.39 is 11.7 Å². The predicted octanol–water partition coefficient (Wildman–Crippen LogP) is 3.47. The quantitative estimate of drug-likeness (QED) is 0.314. The van der Waals surface area contributed by atoms with E-state index in [2.05, 4.69) is 35.7 Å². The van der Waals surface area contributed by atoms with E-state index in [9.17, 15) is 18.0 Å². The molecule has 2 aromatic carbocycles. The van der Waals surface area contributed by atoms with E-state index in [-0.39, 0.29) is 37.2 Å². The summed E-state index contributed by atoms with van der Waals surface area (Å²) in [7, 11) is 1.52. The molecule has 212 valence electrons. The van der Waals surface area contributed by atoms with Gasteiger partial charge in [0.05, 0.1) is 25.8 Å². The lowest BCUT2D eigenvalue weighted by atomic mass is 10.0. The lowest BCUT2D eigenvalue weighted by Crippen LogP contribution is -2.47. The third kappa shape index (κ3) is 6.05. The zero-order valence-electron chi connectivity index (χ0n) is 21.9. The largest absolute Gasteiger partial charge is 0.494 e. The maximum Gasteiger partial charge on any atom is 0.421 e. The molecule has 0 atom stereocenters. The van der Waals surface area contributed by atoms with Crippen LogP contribution in [0.15, 0.2) is 42.6 Å². The Hall–Kier alpha value is -4.10. The third-order valence-electron chi connectivity index (χ3n) is 7.01. The van der Waals surface area contributed by atoms with Crippen molar-refractivity contribution >= 4 is 34.7 Å². The Bertz CT molecular complexity index is 1380. The summed E-state index contributed by atoms with van der Waals surface area (Å²) in [4.78, 5) is 24.3. The Morgan fingerprint density at radius 3 is 2.67 bits per heavy atom. The van der Waals surface area contributed by atoms with Gasteiger partial charge in [-0.2, -0.15) is 18.2 Å². The van der Waals surface area contributed by atoms with Gasteiger partial charge in [0.25, 0.3) is 0 Å². The molecule has 2 aliphatic rings. The highest BCUT2D eigenvalue weighted by molar-refractivity contribution is 5.99. The average molecular weight is 558 g/mol. The molecule has 2 aliphatic heterocycles. The van der Waals surface area contributed by atoms with Crippen molar-refractivity contribution in [3.63, 3.8) is 0 Å². The normalized spacial score (nSPS) is 15.5. The zero-order chi connectivity index (χ0) is 28.3. The zero-order valence-corrected chi connectivity index (χ0v) is 21.9. The summed E-state index contributed by atoms with van der Waals surface area (Å²) in [6.45, 7) is 4.07. The van der Waals surface area contributed by atoms with Gasteiger partial charge in [-0.15, -0.1) is 0 Å². The van der Waals surface area contributed by atoms with Gasteiger partial charge in [0.2, 0.25) is 11.9 Å². The number of nitrogens with one attached hydrogen (secondary N) is 3. The van der Waals surface area contributed by atoms with Crippen LogP contribution in [0.5, 0.6) is 5.75 Å². The summed E-state index contributed by atoms with van der Waals surface area (Å²) in [5.41, 5.74) is 2.56. The first-order valence-electron chi connectivity index (χ1n) is 12.9. The van der Waals surface area contributed by atoms with Gasteiger partial charge in [-0.05, 0) is 29.3 Å². The van der Waals surface area contributed by atoms with Crippen molar-refractivity contribution in [1.82, 2.24) is 14.9 Å². The number of anilines is 5. The molecule has 1 fully saturated rings. The molecular weight excluding hydrogens is 527 g/mol. The number of piperazine rings is 1. The van der Waals surface area contributed by atoms with Crippen LogP contribution in [0.25, 0.3) is 0 Å². The molecule has 0 aliphatic carbocycles. The molecule has 0 saturated carbocycles. The molecule has 1 saturated heterocycles. The van der Waals surface area contributed by atoms with E-state index in [0.29, 0.717) is 29.2 Å². The molecule has 0 radical (unpaired) electrons. The predicted molar refractivity (Wildman–Crippen MR) is 145 cm³/mol. The lowest BCUT2D eigenvalue weighted by molar-refractivity contribution is -0.137. The second-order valence-electron chi connectivity index (χ2n) is 9.54. The number of methoxy groups -OCH3 is 1. The van der Waals surface area contributed by atoms with Crippen LogP contribution in [-0.4, -0.2) is 72.3 Å². The van der Waals surface area contributed by atoms with Crippen LogP contribution in [-0.2, 0) is 23.9 Å².